The van der Waals surface area contributed by atoms with Crippen LogP contribution in [0, 0.1) is 27.9 Å². The van der Waals surface area contributed by atoms with Crippen molar-refractivity contribution in [3.05, 3.63) is 212 Å². The largest absolute Gasteiger partial charge is 0.508 e. The number of aliphatic hydroxyl groups is 3. The fourth-order valence-electron chi connectivity index (χ4n) is 11.2. The third-order valence-electron chi connectivity index (χ3n) is 17.0. The summed E-state index contributed by atoms with van der Waals surface area (Å²) in [6.07, 6.45) is 12.8. The summed E-state index contributed by atoms with van der Waals surface area (Å²) in [6, 6.07) is 18.1. The van der Waals surface area contributed by atoms with Gasteiger partial charge in [-0.25, -0.2) is 14.4 Å². The minimum atomic E-state index is -4.20. The number of methoxy groups -OCH3 is 1. The lowest BCUT2D eigenvalue weighted by Crippen LogP contribution is -2.29. The monoisotopic (exact) mass is 1720 g/mol. The van der Waals surface area contributed by atoms with E-state index in [-0.39, 0.29) is 70.7 Å². The number of para-hydroxylation sites is 1. The number of aromatic hydroxyl groups is 6. The summed E-state index contributed by atoms with van der Waals surface area (Å²) in [5.41, 5.74) is 1.70. The lowest BCUT2D eigenvalue weighted by atomic mass is 9.73. The topological polar surface area (TPSA) is 349 Å². The zero-order valence-corrected chi connectivity index (χ0v) is 65.5. The summed E-state index contributed by atoms with van der Waals surface area (Å²) in [6.45, 7) is 21.3. The van der Waals surface area contributed by atoms with E-state index in [2.05, 4.69) is 76.7 Å². The number of carbonyl (C=O) groups excluding carboxylic acids is 4. The van der Waals surface area contributed by atoms with Crippen molar-refractivity contribution in [1.29, 1.82) is 0 Å². The molecule has 0 amide bonds. The number of rotatable bonds is 26. The van der Waals surface area contributed by atoms with E-state index < -0.39 is 140 Å². The van der Waals surface area contributed by atoms with Gasteiger partial charge in [0.25, 0.3) is 10.3 Å². The molecule has 0 fully saturated rings. The quantitative estimate of drug-likeness (QED) is 0.00286. The zero-order chi connectivity index (χ0) is 84.1. The second-order valence-electron chi connectivity index (χ2n) is 25.9. The Balaban J connectivity index is 0.000000360. The van der Waals surface area contributed by atoms with E-state index >= 15 is 0 Å². The molecule has 22 nitrogen and oxygen atoms in total. The fourth-order valence-corrected chi connectivity index (χ4v) is 11.7. The minimum Gasteiger partial charge on any atom is -0.508 e. The number of alkyl halides is 10. The zero-order valence-electron chi connectivity index (χ0n) is 61.6. The third-order valence-corrected chi connectivity index (χ3v) is 17.9. The number of phenols is 6. The molecule has 3 aliphatic rings. The van der Waals surface area contributed by atoms with Crippen LogP contribution in [-0.4, -0.2) is 137 Å². The molecule has 5 aromatic carbocycles. The van der Waals surface area contributed by atoms with Gasteiger partial charge in [0.05, 0.1) is 25.9 Å². The van der Waals surface area contributed by atoms with Gasteiger partial charge in [-0.05, 0) is 182 Å². The third kappa shape index (κ3) is 29.1. The van der Waals surface area contributed by atoms with Crippen LogP contribution in [0.15, 0.2) is 163 Å². The number of nitrogens with zero attached hydrogens (tertiary/aromatic N) is 1. The van der Waals surface area contributed by atoms with Gasteiger partial charge in [-0.15, -0.1) is 10.1 Å². The lowest BCUT2D eigenvalue weighted by molar-refractivity contribution is -0.757. The Morgan fingerprint density at radius 2 is 1.00 bits per heavy atom. The molecule has 1 unspecified atom stereocenters. The molecule has 111 heavy (non-hydrogen) atoms. The van der Waals surface area contributed by atoms with Gasteiger partial charge in [-0.3, -0.25) is 4.79 Å². The maximum atomic E-state index is 14.4. The summed E-state index contributed by atoms with van der Waals surface area (Å²) in [4.78, 5) is 58.9. The molecule has 610 valence electrons. The Bertz CT molecular complexity index is 4030. The molecule has 0 saturated heterocycles. The van der Waals surface area contributed by atoms with Crippen LogP contribution in [0.3, 0.4) is 0 Å². The standard InChI is InChI=1S/C20H23BrF2O4.C20H23F2NO7.C10H9BrF2O4.C10H9ClF2O3.C10H16O.C8H10O2/c1-11(2)14-5-4-12(3)8-15(14)18-16(24)9-13(10-17(18)25)20(22,23)19(26)27-7-6-21;1-11(2)14-5-4-12(3)8-15(14)18-16(24)9-13(10-17(18)25)20(21,22)19(26)29-6-7-30-23(27)28;11-1-2-17-9(16)10(12,13)6-3-7(14)5-8(15)4-6;1-16-8-3-6(5-14)2-7(4-8)10(12,13)9(11)15;1-8(2)9-4-6-10(3,11)7-5-9;9-6-7-10-8-4-2-1-3-5-8/h8-10,14-15,24-25H,1,4-7H2,2-3H3;8-10,14-15,24-25H,1,4-7H2,2-3H3;3-5,14-15H,1-2H2;2-4,14H,5H2,1H3;4,6,9,11H,1,5,7H2,2-3H3;1-5,9H,6-7H2/t2*14-,15+;;;9-,10?;/m00..0./s1. The smallest absolute Gasteiger partial charge is 0.382 e. The van der Waals surface area contributed by atoms with E-state index in [4.69, 9.17) is 41.5 Å². The molecule has 8 rings (SSSR count). The molecule has 0 heterocycles. The molecule has 5 aromatic rings. The Labute approximate surface area is 657 Å². The SMILES string of the molecule is C=C(C)[C@@H]1CCC(C)=C[C@H]1c1c(O)cc(C(F)(F)C(=O)OCCBr)cc1O.C=C(C)[C@@H]1CCC(C)=C[C@H]1c1c(O)cc(C(F)(F)C(=O)OCCO[N+](=O)[O-])cc1O.C=C(C)[C@H]1C=CC(C)(O)CC1.COc1cc(CO)cc(C(F)(F)C(=O)Cl)c1.O=C(OCCBr)C(F)(F)c1cc(O)cc(O)c1.OCCOc1ccccc1. The molecular weight excluding hydrogens is 1630 g/mol. The molecule has 0 aliphatic heterocycles. The Morgan fingerprint density at radius 3 is 1.35 bits per heavy atom. The summed E-state index contributed by atoms with van der Waals surface area (Å²) in [7, 11) is 1.29. The van der Waals surface area contributed by atoms with Gasteiger partial charge in [0, 0.05) is 61.9 Å². The normalized spacial score (nSPS) is 17.9. The van der Waals surface area contributed by atoms with E-state index in [0.717, 1.165) is 96.9 Å². The molecule has 0 aromatic heterocycles. The first-order valence-electron chi connectivity index (χ1n) is 33.9. The summed E-state index contributed by atoms with van der Waals surface area (Å²) < 4.78 is 134. The average Bonchev–Trinajstić information content (AvgIpc) is 0.777. The van der Waals surface area contributed by atoms with Gasteiger partial charge in [0.15, 0.2) is 0 Å². The van der Waals surface area contributed by atoms with Crippen LogP contribution in [0.4, 0.5) is 35.1 Å². The highest BCUT2D eigenvalue weighted by Crippen LogP contribution is 2.50. The van der Waals surface area contributed by atoms with Crippen molar-refractivity contribution in [1.82, 2.24) is 0 Å². The molecule has 6 atom stereocenters. The Morgan fingerprint density at radius 1 is 0.586 bits per heavy atom. The van der Waals surface area contributed by atoms with Gasteiger partial charge in [0.1, 0.15) is 79.0 Å². The van der Waals surface area contributed by atoms with Crippen molar-refractivity contribution in [3.8, 4) is 46.0 Å². The van der Waals surface area contributed by atoms with Crippen molar-refractivity contribution in [3.63, 3.8) is 0 Å². The number of hydrogen-bond donors (Lipinski definition) is 9. The van der Waals surface area contributed by atoms with Gasteiger partial charge >= 0.3 is 41.6 Å². The predicted octanol–water partition coefficient (Wildman–Crippen LogP) is 16.6. The number of phenolic OH excluding ortho intramolecular Hbond substituents is 6. The average molecular weight is 1720 g/mol. The maximum absolute atomic E-state index is 14.4. The number of halogens is 11. The van der Waals surface area contributed by atoms with E-state index in [1.807, 2.05) is 90.1 Å². The number of hydrogen-bond acceptors (Lipinski definition) is 21. The number of ether oxygens (including phenoxy) is 5. The lowest BCUT2D eigenvalue weighted by Gasteiger charge is -2.31. The molecular formula is C78H90Br2ClF8NO21. The summed E-state index contributed by atoms with van der Waals surface area (Å²) in [5.74, 6) is -24.2. The van der Waals surface area contributed by atoms with Crippen molar-refractivity contribution in [2.75, 3.05) is 57.4 Å². The van der Waals surface area contributed by atoms with Gasteiger partial charge in [0.2, 0.25) is 0 Å². The molecule has 0 spiro atoms. The van der Waals surface area contributed by atoms with Crippen molar-refractivity contribution >= 4 is 66.6 Å². The predicted molar refractivity (Wildman–Crippen MR) is 402 cm³/mol. The van der Waals surface area contributed by atoms with Crippen LogP contribution in [0.25, 0.3) is 0 Å². The number of esters is 3. The van der Waals surface area contributed by atoms with Crippen LogP contribution in [-0.2, 0) is 68.5 Å². The van der Waals surface area contributed by atoms with Gasteiger partial charge in [-0.2, -0.15) is 35.1 Å². The van der Waals surface area contributed by atoms with Gasteiger partial charge < -0.3 is 74.5 Å². The first-order valence-corrected chi connectivity index (χ1v) is 36.5. The number of benzene rings is 5. The van der Waals surface area contributed by atoms with Crippen molar-refractivity contribution < 1.29 is 134 Å². The molecule has 9 N–H and O–H groups in total. The summed E-state index contributed by atoms with van der Waals surface area (Å²) >= 11 is 10.7. The maximum Gasteiger partial charge on any atom is 0.382 e. The Hall–Kier alpha value is -9.21. The van der Waals surface area contributed by atoms with Crippen LogP contribution in [0.1, 0.15) is 131 Å². The molecule has 0 saturated carbocycles. The van der Waals surface area contributed by atoms with Crippen LogP contribution >= 0.6 is 43.5 Å². The number of carbonyl (C=O) groups is 4. The van der Waals surface area contributed by atoms with E-state index in [9.17, 15) is 89.9 Å². The second kappa shape index (κ2) is 44.1. The van der Waals surface area contributed by atoms with Crippen LogP contribution in [0.2, 0.25) is 0 Å². The highest BCUT2D eigenvalue weighted by atomic mass is 79.9. The first-order chi connectivity index (χ1) is 51.8. The van der Waals surface area contributed by atoms with Gasteiger partial charge in [-0.1, -0.05) is 122 Å². The highest BCUT2D eigenvalue weighted by Gasteiger charge is 2.47. The van der Waals surface area contributed by atoms with Crippen LogP contribution in [0.5, 0.6) is 46.0 Å². The molecule has 33 heteroatoms. The van der Waals surface area contributed by atoms with Crippen molar-refractivity contribution in [2.45, 2.75) is 128 Å². The fraction of sp³-hybridized carbons (Fsp3) is 0.410. The molecule has 3 aliphatic carbocycles. The van der Waals surface area contributed by atoms with Crippen LogP contribution < -0.4 is 9.47 Å². The van der Waals surface area contributed by atoms with E-state index in [1.165, 1.54) is 18.7 Å². The first kappa shape index (κ1) is 96.0. The molecule has 0 bridgehead atoms. The van der Waals surface area contributed by atoms with E-state index in [0.29, 0.717) is 36.8 Å². The minimum absolute atomic E-state index is 0.0271. The van der Waals surface area contributed by atoms with E-state index in [1.54, 1.807) is 0 Å². The summed E-state index contributed by atoms with van der Waals surface area (Å²) in [5, 5.41) is 94.2. The number of allylic oxidation sites excluding steroid dienone is 8. The van der Waals surface area contributed by atoms with Crippen molar-refractivity contribution in [2.24, 2.45) is 17.8 Å². The highest BCUT2D eigenvalue weighted by molar-refractivity contribution is 9.09. The Kier molecular flexibility index (Phi) is 38.2. The number of aliphatic hydroxyl groups excluding tert-OH is 2. The second-order valence-corrected chi connectivity index (χ2v) is 27.8. The molecule has 0 radical (unpaired) electrons.